The molecule has 4 heteroatoms. The van der Waals surface area contributed by atoms with Gasteiger partial charge in [-0.05, 0) is 17.7 Å². The van der Waals surface area contributed by atoms with Crippen molar-refractivity contribution in [1.29, 1.82) is 5.26 Å². The van der Waals surface area contributed by atoms with Crippen molar-refractivity contribution in [2.45, 2.75) is 18.3 Å². The average molecular weight is 448 g/mol. The Kier molecular flexibility index (Phi) is 6.40. The summed E-state index contributed by atoms with van der Waals surface area (Å²) in [5.41, 5.74) is 3.80. The summed E-state index contributed by atoms with van der Waals surface area (Å²) in [6.45, 7) is 1.04. The summed E-state index contributed by atoms with van der Waals surface area (Å²) in [4.78, 5) is 0. The molecular formula is C30H25NO3. The Morgan fingerprint density at radius 2 is 1.24 bits per heavy atom. The Labute approximate surface area is 200 Å². The molecule has 1 aliphatic rings. The van der Waals surface area contributed by atoms with E-state index in [9.17, 15) is 5.26 Å². The first kappa shape index (κ1) is 21.9. The smallest absolute Gasteiger partial charge is 0.187 e. The molecule has 34 heavy (non-hydrogen) atoms. The van der Waals surface area contributed by atoms with Crippen LogP contribution in [0.25, 0.3) is 0 Å². The first-order valence-electron chi connectivity index (χ1n) is 11.4. The van der Waals surface area contributed by atoms with Crippen LogP contribution in [0.15, 0.2) is 109 Å². The lowest BCUT2D eigenvalue weighted by atomic mass is 9.80. The van der Waals surface area contributed by atoms with Gasteiger partial charge in [0.05, 0.1) is 31.3 Å². The molecule has 1 fully saturated rings. The molecule has 0 bridgehead atoms. The van der Waals surface area contributed by atoms with E-state index in [-0.39, 0.29) is 0 Å². The van der Waals surface area contributed by atoms with E-state index in [0.29, 0.717) is 25.4 Å². The Balaban J connectivity index is 1.74. The molecule has 168 valence electrons. The molecule has 0 amide bonds. The van der Waals surface area contributed by atoms with Crippen molar-refractivity contribution in [3.63, 3.8) is 0 Å². The van der Waals surface area contributed by atoms with E-state index in [4.69, 9.17) is 14.2 Å². The fourth-order valence-electron chi connectivity index (χ4n) is 4.47. The van der Waals surface area contributed by atoms with Crippen molar-refractivity contribution >= 4 is 0 Å². The fourth-order valence-corrected chi connectivity index (χ4v) is 4.47. The number of nitriles is 1. The first-order valence-corrected chi connectivity index (χ1v) is 11.4. The van der Waals surface area contributed by atoms with Gasteiger partial charge in [-0.3, -0.25) is 0 Å². The van der Waals surface area contributed by atoms with Gasteiger partial charge in [0, 0.05) is 16.7 Å². The van der Waals surface area contributed by atoms with Gasteiger partial charge < -0.3 is 14.2 Å². The third-order valence-electron chi connectivity index (χ3n) is 6.04. The molecule has 1 aliphatic heterocycles. The first-order chi connectivity index (χ1) is 16.8. The normalized spacial score (nSPS) is 14.0. The monoisotopic (exact) mass is 447 g/mol. The molecule has 0 unspecified atom stereocenters. The van der Waals surface area contributed by atoms with Crippen LogP contribution in [0.3, 0.4) is 0 Å². The van der Waals surface area contributed by atoms with E-state index in [1.54, 1.807) is 0 Å². The Morgan fingerprint density at radius 3 is 1.71 bits per heavy atom. The highest BCUT2D eigenvalue weighted by Gasteiger charge is 2.40. The summed E-state index contributed by atoms with van der Waals surface area (Å²) < 4.78 is 18.8. The van der Waals surface area contributed by atoms with Gasteiger partial charge in [0.1, 0.15) is 5.75 Å². The van der Waals surface area contributed by atoms with E-state index in [0.717, 1.165) is 27.8 Å². The van der Waals surface area contributed by atoms with Crippen LogP contribution in [0.4, 0.5) is 0 Å². The van der Waals surface area contributed by atoms with Gasteiger partial charge in [-0.2, -0.15) is 5.26 Å². The van der Waals surface area contributed by atoms with Gasteiger partial charge in [0.25, 0.3) is 0 Å². The quantitative estimate of drug-likeness (QED) is 0.318. The molecule has 0 N–H and O–H groups in total. The van der Waals surface area contributed by atoms with Crippen molar-refractivity contribution in [2.24, 2.45) is 0 Å². The molecule has 4 aromatic rings. The molecule has 1 saturated heterocycles. The summed E-state index contributed by atoms with van der Waals surface area (Å²) in [7, 11) is 0. The topological polar surface area (TPSA) is 51.5 Å². The lowest BCUT2D eigenvalue weighted by Crippen LogP contribution is -2.36. The Hall–Kier alpha value is -3.91. The standard InChI is InChI=1S/C30H25NO3/c31-19-18-23-16-17-28(27(22-23)29-32-20-21-33-29)34-30(24-10-4-1-5-11-24,25-12-6-2-7-13-25)26-14-8-3-9-15-26/h1-17,22,29H,18,20-21H2. The molecule has 0 spiro atoms. The van der Waals surface area contributed by atoms with E-state index < -0.39 is 11.9 Å². The molecular weight excluding hydrogens is 422 g/mol. The number of ether oxygens (including phenoxy) is 3. The van der Waals surface area contributed by atoms with Crippen molar-refractivity contribution in [3.05, 3.63) is 137 Å². The van der Waals surface area contributed by atoms with Gasteiger partial charge in [0.15, 0.2) is 11.9 Å². The van der Waals surface area contributed by atoms with Crippen LogP contribution in [0.5, 0.6) is 5.75 Å². The zero-order valence-electron chi connectivity index (χ0n) is 18.8. The predicted octanol–water partition coefficient (Wildman–Crippen LogP) is 6.17. The largest absolute Gasteiger partial charge is 0.473 e. The maximum absolute atomic E-state index is 9.23. The van der Waals surface area contributed by atoms with Crippen LogP contribution in [0, 0.1) is 11.3 Å². The Bertz CT molecular complexity index is 1160. The van der Waals surface area contributed by atoms with Crippen molar-refractivity contribution < 1.29 is 14.2 Å². The number of hydrogen-bond donors (Lipinski definition) is 0. The minimum atomic E-state index is -0.909. The highest BCUT2D eigenvalue weighted by molar-refractivity contribution is 5.50. The number of rotatable bonds is 7. The third kappa shape index (κ3) is 4.20. The highest BCUT2D eigenvalue weighted by Crippen LogP contribution is 2.44. The minimum absolute atomic E-state index is 0.307. The van der Waals surface area contributed by atoms with Gasteiger partial charge in [0.2, 0.25) is 0 Å². The second-order valence-corrected chi connectivity index (χ2v) is 8.16. The van der Waals surface area contributed by atoms with Gasteiger partial charge in [-0.1, -0.05) is 97.1 Å². The Morgan fingerprint density at radius 1 is 0.735 bits per heavy atom. The van der Waals surface area contributed by atoms with Gasteiger partial charge in [-0.25, -0.2) is 0 Å². The summed E-state index contributed by atoms with van der Waals surface area (Å²) in [5, 5.41) is 9.23. The van der Waals surface area contributed by atoms with Crippen LogP contribution in [-0.4, -0.2) is 13.2 Å². The van der Waals surface area contributed by atoms with E-state index in [1.165, 1.54) is 0 Å². The summed E-state index contributed by atoms with van der Waals surface area (Å²) in [6, 6.07) is 38.8. The summed E-state index contributed by atoms with van der Waals surface area (Å²) in [6.07, 6.45) is -0.227. The third-order valence-corrected chi connectivity index (χ3v) is 6.04. The van der Waals surface area contributed by atoms with Crippen LogP contribution in [0.1, 0.15) is 34.1 Å². The molecule has 4 nitrogen and oxygen atoms in total. The van der Waals surface area contributed by atoms with Crippen LogP contribution in [0.2, 0.25) is 0 Å². The second-order valence-electron chi connectivity index (χ2n) is 8.16. The fraction of sp³-hybridized carbons (Fsp3) is 0.167. The number of benzene rings is 4. The molecule has 0 radical (unpaired) electrons. The molecule has 4 aromatic carbocycles. The van der Waals surface area contributed by atoms with Crippen LogP contribution < -0.4 is 4.74 Å². The molecule has 1 heterocycles. The van der Waals surface area contributed by atoms with E-state index >= 15 is 0 Å². The molecule has 0 atom stereocenters. The molecule has 0 saturated carbocycles. The molecule has 0 aromatic heterocycles. The van der Waals surface area contributed by atoms with Crippen molar-refractivity contribution in [3.8, 4) is 11.8 Å². The lowest BCUT2D eigenvalue weighted by Gasteiger charge is -2.37. The van der Waals surface area contributed by atoms with E-state index in [2.05, 4.69) is 42.5 Å². The number of nitrogens with zero attached hydrogens (tertiary/aromatic N) is 1. The van der Waals surface area contributed by atoms with Gasteiger partial charge in [-0.15, -0.1) is 0 Å². The van der Waals surface area contributed by atoms with Gasteiger partial charge >= 0.3 is 0 Å². The van der Waals surface area contributed by atoms with Crippen LogP contribution >= 0.6 is 0 Å². The highest BCUT2D eigenvalue weighted by atomic mass is 16.7. The average Bonchev–Trinajstić information content (AvgIpc) is 3.45. The van der Waals surface area contributed by atoms with E-state index in [1.807, 2.05) is 72.8 Å². The second kappa shape index (κ2) is 9.93. The van der Waals surface area contributed by atoms with Crippen molar-refractivity contribution in [1.82, 2.24) is 0 Å². The minimum Gasteiger partial charge on any atom is -0.473 e. The summed E-state index contributed by atoms with van der Waals surface area (Å²) in [5.74, 6) is 0.658. The maximum Gasteiger partial charge on any atom is 0.187 e. The van der Waals surface area contributed by atoms with Crippen molar-refractivity contribution in [2.75, 3.05) is 13.2 Å². The summed E-state index contributed by atoms with van der Waals surface area (Å²) >= 11 is 0. The number of hydrogen-bond acceptors (Lipinski definition) is 4. The molecule has 0 aliphatic carbocycles. The van der Waals surface area contributed by atoms with Crippen LogP contribution in [-0.2, 0) is 21.5 Å². The SMILES string of the molecule is N#CCc1ccc(OC(c2ccccc2)(c2ccccc2)c2ccccc2)c(C2OCCO2)c1. The molecule has 5 rings (SSSR count). The lowest BCUT2D eigenvalue weighted by molar-refractivity contribution is -0.0469. The zero-order valence-corrected chi connectivity index (χ0v) is 18.8. The predicted molar refractivity (Wildman–Crippen MR) is 130 cm³/mol. The zero-order chi connectivity index (χ0) is 23.2. The maximum atomic E-state index is 9.23.